The van der Waals surface area contributed by atoms with E-state index in [1.54, 1.807) is 0 Å². The van der Waals surface area contributed by atoms with Crippen LogP contribution in [0.2, 0.25) is 0 Å². The number of hydrogen-bond acceptors (Lipinski definition) is 2. The molecule has 10 aromatic rings. The van der Waals surface area contributed by atoms with E-state index >= 15 is 0 Å². The minimum absolute atomic E-state index is 0.287. The van der Waals surface area contributed by atoms with Crippen LogP contribution in [0.1, 0.15) is 36.1 Å². The lowest BCUT2D eigenvalue weighted by Gasteiger charge is -2.40. The van der Waals surface area contributed by atoms with Crippen LogP contribution in [-0.2, 0) is 5.41 Å². The highest BCUT2D eigenvalue weighted by Gasteiger charge is 2.50. The molecule has 296 valence electrons. The summed E-state index contributed by atoms with van der Waals surface area (Å²) < 4.78 is 7.24. The van der Waals surface area contributed by atoms with Crippen molar-refractivity contribution in [1.29, 1.82) is 0 Å². The first-order valence-electron chi connectivity index (χ1n) is 21.8. The van der Waals surface area contributed by atoms with Crippen molar-refractivity contribution < 1.29 is 4.74 Å². The number of aryl methyl sites for hydroxylation is 2. The van der Waals surface area contributed by atoms with Gasteiger partial charge in [0.2, 0.25) is 0 Å². The van der Waals surface area contributed by atoms with Crippen LogP contribution >= 0.6 is 0 Å². The Morgan fingerprint density at radius 3 is 1.74 bits per heavy atom. The monoisotopic (exact) mass is 811 g/mol. The smallest absolute Gasteiger partial charge is 0.188 e. The molecular formula is C59H45NOSi. The van der Waals surface area contributed by atoms with Gasteiger partial charge in [-0.05, 0) is 137 Å². The van der Waals surface area contributed by atoms with Crippen LogP contribution in [0.4, 0.5) is 17.1 Å². The highest BCUT2D eigenvalue weighted by molar-refractivity contribution is 7.20. The Hall–Kier alpha value is -7.20. The van der Waals surface area contributed by atoms with Crippen LogP contribution < -0.4 is 30.4 Å². The van der Waals surface area contributed by atoms with E-state index in [1.165, 1.54) is 86.4 Å². The summed E-state index contributed by atoms with van der Waals surface area (Å²) in [6.07, 6.45) is 0. The molecule has 10 aromatic carbocycles. The molecule has 0 saturated heterocycles. The number of rotatable bonds is 5. The Labute approximate surface area is 364 Å². The van der Waals surface area contributed by atoms with E-state index in [4.69, 9.17) is 4.74 Å². The van der Waals surface area contributed by atoms with Gasteiger partial charge in [0, 0.05) is 28.0 Å². The van der Waals surface area contributed by atoms with Gasteiger partial charge in [-0.2, -0.15) is 0 Å². The van der Waals surface area contributed by atoms with Gasteiger partial charge in [-0.1, -0.05) is 172 Å². The number of para-hydroxylation sites is 1. The van der Waals surface area contributed by atoms with Gasteiger partial charge in [-0.3, -0.25) is 0 Å². The van der Waals surface area contributed by atoms with Crippen molar-refractivity contribution in [2.75, 3.05) is 4.90 Å². The van der Waals surface area contributed by atoms with Crippen molar-refractivity contribution in [2.24, 2.45) is 0 Å². The van der Waals surface area contributed by atoms with Gasteiger partial charge in [-0.25, -0.2) is 0 Å². The quantitative estimate of drug-likeness (QED) is 0.127. The number of fused-ring (bicyclic) bond motifs is 9. The van der Waals surface area contributed by atoms with Gasteiger partial charge in [0.1, 0.15) is 11.5 Å². The number of anilines is 3. The summed E-state index contributed by atoms with van der Waals surface area (Å²) in [5.41, 5.74) is 10.8. The molecule has 0 spiro atoms. The lowest BCUT2D eigenvalue weighted by Crippen LogP contribution is -2.76. The van der Waals surface area contributed by atoms with Gasteiger partial charge >= 0.3 is 0 Å². The Kier molecular flexibility index (Phi) is 8.07. The molecular weight excluding hydrogens is 767 g/mol. The minimum atomic E-state index is -2.81. The van der Waals surface area contributed by atoms with Crippen LogP contribution in [0.15, 0.2) is 200 Å². The zero-order valence-electron chi connectivity index (χ0n) is 35.4. The molecule has 1 aliphatic heterocycles. The van der Waals surface area contributed by atoms with Crippen molar-refractivity contribution in [1.82, 2.24) is 0 Å². The Morgan fingerprint density at radius 1 is 0.435 bits per heavy atom. The molecule has 12 rings (SSSR count). The average Bonchev–Trinajstić information content (AvgIpc) is 3.56. The molecule has 0 aromatic heterocycles. The molecule has 0 amide bonds. The molecule has 3 heteroatoms. The predicted molar refractivity (Wildman–Crippen MR) is 264 cm³/mol. The number of nitrogens with zero attached hydrogens (tertiary/aromatic N) is 1. The molecule has 2 nitrogen and oxygen atoms in total. The van der Waals surface area contributed by atoms with E-state index < -0.39 is 8.07 Å². The fourth-order valence-corrected chi connectivity index (χ4v) is 16.1. The zero-order chi connectivity index (χ0) is 41.7. The number of hydrogen-bond donors (Lipinski definition) is 0. The molecule has 0 N–H and O–H groups in total. The third-order valence-corrected chi connectivity index (χ3v) is 19.0. The van der Waals surface area contributed by atoms with E-state index in [2.05, 4.69) is 233 Å². The Bertz CT molecular complexity index is 3400. The third-order valence-electron chi connectivity index (χ3n) is 14.2. The number of ether oxygens (including phenoxy) is 1. The molecule has 0 radical (unpaired) electrons. The van der Waals surface area contributed by atoms with Crippen molar-refractivity contribution in [2.45, 2.75) is 33.1 Å². The topological polar surface area (TPSA) is 12.5 Å². The van der Waals surface area contributed by atoms with Crippen LogP contribution in [0.3, 0.4) is 0 Å². The van der Waals surface area contributed by atoms with Gasteiger partial charge in [0.25, 0.3) is 0 Å². The third kappa shape index (κ3) is 5.15. The standard InChI is InChI=1S/C59H45NOSi/c1-38-47-23-13-14-24-48(47)39(2)51-36-43(29-31-49(38)51)60(42-28-27-40-17-11-12-18-41(40)35-42)44-30-32-50-53(37-44)59(3,4)52-33-34-56-58(57(50)52)61-54-25-15-16-26-55(54)62(56,45-19-7-5-8-20-45)46-21-9-6-10-22-46/h5-37H,1-4H3. The zero-order valence-corrected chi connectivity index (χ0v) is 36.4. The average molecular weight is 812 g/mol. The van der Waals surface area contributed by atoms with Crippen molar-refractivity contribution in [3.05, 3.63) is 222 Å². The van der Waals surface area contributed by atoms with Gasteiger partial charge in [-0.15, -0.1) is 0 Å². The first kappa shape index (κ1) is 36.6. The van der Waals surface area contributed by atoms with Crippen LogP contribution in [0.5, 0.6) is 11.5 Å². The summed E-state index contributed by atoms with van der Waals surface area (Å²) in [4.78, 5) is 2.46. The van der Waals surface area contributed by atoms with E-state index in [9.17, 15) is 0 Å². The second-order valence-corrected chi connectivity index (χ2v) is 21.4. The SMILES string of the molecule is Cc1c2ccccc2c(C)c2cc(N(c3ccc4c(c3)C(C)(C)c3ccc5c(c3-4)Oc3ccccc3[Si]5(c3ccccc3)c3ccccc3)c3ccc4ccccc4c3)ccc12. The maximum absolute atomic E-state index is 7.24. The first-order chi connectivity index (χ1) is 30.3. The normalized spacial score (nSPS) is 14.2. The maximum atomic E-state index is 7.24. The molecule has 1 heterocycles. The highest BCUT2D eigenvalue weighted by atomic mass is 28.3. The first-order valence-corrected chi connectivity index (χ1v) is 23.8. The predicted octanol–water partition coefficient (Wildman–Crippen LogP) is 13.0. The van der Waals surface area contributed by atoms with Crippen LogP contribution in [-0.4, -0.2) is 8.07 Å². The van der Waals surface area contributed by atoms with E-state index in [1.807, 2.05) is 0 Å². The summed E-state index contributed by atoms with van der Waals surface area (Å²) in [6, 6.07) is 74.5. The summed E-state index contributed by atoms with van der Waals surface area (Å²) >= 11 is 0. The second kappa shape index (κ2) is 13.7. The highest BCUT2D eigenvalue weighted by Crippen LogP contribution is 2.55. The maximum Gasteiger partial charge on any atom is 0.188 e. The largest absolute Gasteiger partial charge is 0.457 e. The van der Waals surface area contributed by atoms with E-state index in [0.29, 0.717) is 0 Å². The number of benzene rings is 10. The van der Waals surface area contributed by atoms with E-state index in [-0.39, 0.29) is 5.41 Å². The lowest BCUT2D eigenvalue weighted by molar-refractivity contribution is 0.488. The fourth-order valence-electron chi connectivity index (χ4n) is 11.1. The summed E-state index contributed by atoms with van der Waals surface area (Å²) in [6.45, 7) is 9.31. The molecule has 0 saturated carbocycles. The molecule has 0 fully saturated rings. The van der Waals surface area contributed by atoms with Crippen LogP contribution in [0, 0.1) is 13.8 Å². The molecule has 0 unspecified atom stereocenters. The van der Waals surface area contributed by atoms with Crippen molar-refractivity contribution in [3.8, 4) is 22.6 Å². The van der Waals surface area contributed by atoms with Crippen LogP contribution in [0.25, 0.3) is 43.4 Å². The molecule has 2 aliphatic rings. The van der Waals surface area contributed by atoms with Crippen molar-refractivity contribution in [3.63, 3.8) is 0 Å². The Morgan fingerprint density at radius 2 is 1.00 bits per heavy atom. The van der Waals surface area contributed by atoms with E-state index in [0.717, 1.165) is 28.6 Å². The lowest BCUT2D eigenvalue weighted by atomic mass is 9.82. The summed E-state index contributed by atoms with van der Waals surface area (Å²) in [7, 11) is -2.81. The summed E-state index contributed by atoms with van der Waals surface area (Å²) in [5, 5.41) is 13.0. The molecule has 0 bridgehead atoms. The second-order valence-electron chi connectivity index (χ2n) is 17.7. The molecule has 62 heavy (non-hydrogen) atoms. The Balaban J connectivity index is 1.09. The molecule has 1 aliphatic carbocycles. The summed E-state index contributed by atoms with van der Waals surface area (Å²) in [5.74, 6) is 1.95. The van der Waals surface area contributed by atoms with Gasteiger partial charge in [0.05, 0.1) is 0 Å². The minimum Gasteiger partial charge on any atom is -0.457 e. The van der Waals surface area contributed by atoms with Gasteiger partial charge in [0.15, 0.2) is 8.07 Å². The van der Waals surface area contributed by atoms with Gasteiger partial charge < -0.3 is 9.64 Å². The van der Waals surface area contributed by atoms with Crippen molar-refractivity contribution >= 4 is 78.2 Å². The fraction of sp³-hybridized carbons (Fsp3) is 0.0847. The molecule has 0 atom stereocenters.